The number of carbonyl (C=O) groups excluding carboxylic acids is 1. The van der Waals surface area contributed by atoms with Gasteiger partial charge in [0.05, 0.1) is 11.4 Å². The summed E-state index contributed by atoms with van der Waals surface area (Å²) in [6, 6.07) is 0. The second-order valence-corrected chi connectivity index (χ2v) is 2.92. The summed E-state index contributed by atoms with van der Waals surface area (Å²) in [5.74, 6) is -1.47. The third-order valence-electron chi connectivity index (χ3n) is 1.84. The molecule has 0 atom stereocenters. The molecule has 1 aromatic heterocycles. The van der Waals surface area contributed by atoms with Gasteiger partial charge in [-0.3, -0.25) is 9.48 Å². The minimum Gasteiger partial charge on any atom is -0.476 e. The highest BCUT2D eigenvalue weighted by Gasteiger charge is 2.19. The van der Waals surface area contributed by atoms with Crippen molar-refractivity contribution in [3.63, 3.8) is 0 Å². The highest BCUT2D eigenvalue weighted by atomic mass is 16.4. The topological polar surface area (TPSA) is 84.2 Å². The van der Waals surface area contributed by atoms with Gasteiger partial charge >= 0.3 is 5.97 Å². The van der Waals surface area contributed by atoms with E-state index in [0.717, 1.165) is 0 Å². The van der Waals surface area contributed by atoms with E-state index in [-0.39, 0.29) is 17.3 Å². The summed E-state index contributed by atoms with van der Waals surface area (Å²) in [7, 11) is 1.62. The average molecular weight is 197 g/mol. The predicted molar refractivity (Wildman–Crippen MR) is 49.2 cm³/mol. The molecule has 0 aliphatic carbocycles. The number of aromatic nitrogens is 2. The Morgan fingerprint density at radius 1 is 1.50 bits per heavy atom. The number of hydrogen-bond acceptors (Lipinski definition) is 3. The lowest BCUT2D eigenvalue weighted by molar-refractivity contribution is -0.114. The summed E-state index contributed by atoms with van der Waals surface area (Å²) in [4.78, 5) is 21.6. The van der Waals surface area contributed by atoms with Crippen molar-refractivity contribution >= 4 is 17.6 Å². The molecular formula is C8H11N3O3. The number of carboxylic acid groups (broad SMARTS) is 1. The molecule has 1 rings (SSSR count). The second kappa shape index (κ2) is 3.49. The van der Waals surface area contributed by atoms with E-state index in [0.29, 0.717) is 5.69 Å². The predicted octanol–water partition coefficient (Wildman–Crippen LogP) is 0.385. The van der Waals surface area contributed by atoms with Crippen LogP contribution >= 0.6 is 0 Å². The lowest BCUT2D eigenvalue weighted by atomic mass is 10.3. The fourth-order valence-corrected chi connectivity index (χ4v) is 1.08. The lowest BCUT2D eigenvalue weighted by Gasteiger charge is -2.01. The molecule has 76 valence electrons. The van der Waals surface area contributed by atoms with Crippen molar-refractivity contribution in [2.75, 3.05) is 5.32 Å². The fraction of sp³-hybridized carbons (Fsp3) is 0.375. The molecule has 0 saturated heterocycles. The molecule has 14 heavy (non-hydrogen) atoms. The molecule has 0 aliphatic heterocycles. The number of carbonyl (C=O) groups is 2. The number of hydrogen-bond donors (Lipinski definition) is 2. The molecule has 0 unspecified atom stereocenters. The molecule has 6 nitrogen and oxygen atoms in total. The molecule has 0 radical (unpaired) electrons. The van der Waals surface area contributed by atoms with Gasteiger partial charge in [0.25, 0.3) is 0 Å². The van der Waals surface area contributed by atoms with Crippen LogP contribution in [0.2, 0.25) is 0 Å². The Kier molecular flexibility index (Phi) is 2.55. The van der Waals surface area contributed by atoms with Crippen LogP contribution in [0.3, 0.4) is 0 Å². The van der Waals surface area contributed by atoms with E-state index in [4.69, 9.17) is 5.11 Å². The van der Waals surface area contributed by atoms with Crippen LogP contribution in [0.4, 0.5) is 5.69 Å². The maximum absolute atomic E-state index is 10.8. The number of nitrogens with one attached hydrogen (secondary N) is 1. The minimum atomic E-state index is -1.16. The number of aromatic carboxylic acids is 1. The van der Waals surface area contributed by atoms with Crippen LogP contribution in [-0.2, 0) is 11.8 Å². The SMILES string of the molecule is CC(=O)Nc1c(C(=O)O)nn(C)c1C. The molecule has 1 amide bonds. The monoisotopic (exact) mass is 197 g/mol. The van der Waals surface area contributed by atoms with Gasteiger partial charge in [0, 0.05) is 14.0 Å². The molecular weight excluding hydrogens is 186 g/mol. The lowest BCUT2D eigenvalue weighted by Crippen LogP contribution is -2.10. The van der Waals surface area contributed by atoms with Crippen LogP contribution in [0.5, 0.6) is 0 Å². The molecule has 0 fully saturated rings. The van der Waals surface area contributed by atoms with Crippen LogP contribution in [0.15, 0.2) is 0 Å². The van der Waals surface area contributed by atoms with Gasteiger partial charge in [0.2, 0.25) is 5.91 Å². The van der Waals surface area contributed by atoms with Gasteiger partial charge in [-0.05, 0) is 6.92 Å². The van der Waals surface area contributed by atoms with Gasteiger partial charge in [0.15, 0.2) is 5.69 Å². The normalized spacial score (nSPS) is 9.93. The summed E-state index contributed by atoms with van der Waals surface area (Å²) in [6.45, 7) is 3.00. The molecule has 0 bridgehead atoms. The number of aryl methyl sites for hydroxylation is 1. The molecule has 0 spiro atoms. The van der Waals surface area contributed by atoms with Crippen molar-refractivity contribution in [2.24, 2.45) is 7.05 Å². The fourth-order valence-electron chi connectivity index (χ4n) is 1.08. The van der Waals surface area contributed by atoms with Crippen molar-refractivity contribution in [3.8, 4) is 0 Å². The van der Waals surface area contributed by atoms with Crippen molar-refractivity contribution < 1.29 is 14.7 Å². The molecule has 2 N–H and O–H groups in total. The van der Waals surface area contributed by atoms with Crippen molar-refractivity contribution in [1.82, 2.24) is 9.78 Å². The zero-order valence-electron chi connectivity index (χ0n) is 8.16. The maximum Gasteiger partial charge on any atom is 0.358 e. The number of rotatable bonds is 2. The molecule has 6 heteroatoms. The summed E-state index contributed by atoms with van der Waals surface area (Å²) in [5, 5.41) is 15.0. The zero-order chi connectivity index (χ0) is 10.9. The van der Waals surface area contributed by atoms with E-state index < -0.39 is 5.97 Å². The van der Waals surface area contributed by atoms with E-state index in [1.54, 1.807) is 14.0 Å². The quantitative estimate of drug-likeness (QED) is 0.718. The first-order chi connectivity index (χ1) is 6.43. The smallest absolute Gasteiger partial charge is 0.358 e. The van der Waals surface area contributed by atoms with Crippen LogP contribution in [0.1, 0.15) is 23.1 Å². The van der Waals surface area contributed by atoms with Crippen molar-refractivity contribution in [1.29, 1.82) is 0 Å². The van der Waals surface area contributed by atoms with Crippen molar-refractivity contribution in [2.45, 2.75) is 13.8 Å². The van der Waals surface area contributed by atoms with Crippen molar-refractivity contribution in [3.05, 3.63) is 11.4 Å². The van der Waals surface area contributed by atoms with E-state index >= 15 is 0 Å². The van der Waals surface area contributed by atoms with E-state index in [1.165, 1.54) is 11.6 Å². The molecule has 0 aliphatic rings. The molecule has 1 heterocycles. The Morgan fingerprint density at radius 2 is 2.07 bits per heavy atom. The van der Waals surface area contributed by atoms with Gasteiger partial charge in [0.1, 0.15) is 0 Å². The Labute approximate surface area is 80.5 Å². The summed E-state index contributed by atoms with van der Waals surface area (Å²) in [5.41, 5.74) is 0.727. The average Bonchev–Trinajstić information content (AvgIpc) is 2.32. The van der Waals surface area contributed by atoms with Crippen LogP contribution in [-0.4, -0.2) is 26.8 Å². The van der Waals surface area contributed by atoms with Crippen LogP contribution in [0, 0.1) is 6.92 Å². The first-order valence-electron chi connectivity index (χ1n) is 3.98. The maximum atomic E-state index is 10.8. The van der Waals surface area contributed by atoms with E-state index in [1.807, 2.05) is 0 Å². The summed E-state index contributed by atoms with van der Waals surface area (Å²) >= 11 is 0. The highest BCUT2D eigenvalue weighted by molar-refractivity contribution is 5.99. The van der Waals surface area contributed by atoms with E-state index in [2.05, 4.69) is 10.4 Å². The van der Waals surface area contributed by atoms with Gasteiger partial charge in [-0.25, -0.2) is 4.79 Å². The first-order valence-corrected chi connectivity index (χ1v) is 3.98. The number of nitrogens with zero attached hydrogens (tertiary/aromatic N) is 2. The van der Waals surface area contributed by atoms with Crippen LogP contribution < -0.4 is 5.32 Å². The van der Waals surface area contributed by atoms with E-state index in [9.17, 15) is 9.59 Å². The van der Waals surface area contributed by atoms with Crippen LogP contribution in [0.25, 0.3) is 0 Å². The van der Waals surface area contributed by atoms with Gasteiger partial charge in [-0.2, -0.15) is 5.10 Å². The number of amides is 1. The Morgan fingerprint density at radius 3 is 2.50 bits per heavy atom. The molecule has 0 saturated carbocycles. The van der Waals surface area contributed by atoms with Gasteiger partial charge < -0.3 is 10.4 Å². The Bertz CT molecular complexity index is 395. The minimum absolute atomic E-state index is 0.139. The Hall–Kier alpha value is -1.85. The second-order valence-electron chi connectivity index (χ2n) is 2.92. The largest absolute Gasteiger partial charge is 0.476 e. The highest BCUT2D eigenvalue weighted by Crippen LogP contribution is 2.19. The summed E-state index contributed by atoms with van der Waals surface area (Å²) < 4.78 is 1.41. The Balaban J connectivity index is 3.23. The van der Waals surface area contributed by atoms with Gasteiger partial charge in [-0.15, -0.1) is 0 Å². The third kappa shape index (κ3) is 1.73. The number of carboxylic acids is 1. The zero-order valence-corrected chi connectivity index (χ0v) is 8.16. The van der Waals surface area contributed by atoms with Gasteiger partial charge in [-0.1, -0.05) is 0 Å². The third-order valence-corrected chi connectivity index (χ3v) is 1.84. The molecule has 1 aromatic rings. The molecule has 0 aromatic carbocycles. The first kappa shape index (κ1) is 10.2. The number of anilines is 1. The summed E-state index contributed by atoms with van der Waals surface area (Å²) in [6.07, 6.45) is 0. The standard InChI is InChI=1S/C8H11N3O3/c1-4-6(9-5(2)12)7(8(13)14)10-11(4)3/h1-3H3,(H,9,12)(H,13,14).